The molecule has 0 unspecified atom stereocenters. The Labute approximate surface area is 124 Å². The molecule has 2 nitrogen and oxygen atoms in total. The molecule has 0 aromatic rings. The van der Waals surface area contributed by atoms with Crippen molar-refractivity contribution in [1.82, 2.24) is 0 Å². The molecule has 0 bridgehead atoms. The van der Waals surface area contributed by atoms with Gasteiger partial charge in [-0.1, -0.05) is 49.8 Å². The molecule has 0 heterocycles. The summed E-state index contributed by atoms with van der Waals surface area (Å²) in [5.41, 5.74) is 0. The third-order valence-corrected chi connectivity index (χ3v) is 3.01. The monoisotopic (exact) mass is 278 g/mol. The van der Waals surface area contributed by atoms with Crippen LogP contribution >= 0.6 is 0 Å². The lowest BCUT2D eigenvalue weighted by atomic mass is 10.1. The van der Waals surface area contributed by atoms with Crippen LogP contribution in [0.1, 0.15) is 71.1 Å². The molecule has 0 aliphatic carbocycles. The van der Waals surface area contributed by atoms with Crippen molar-refractivity contribution in [3.8, 4) is 0 Å². The molecule has 1 N–H and O–H groups in total. The van der Waals surface area contributed by atoms with Crippen LogP contribution in [0.3, 0.4) is 0 Å². The van der Waals surface area contributed by atoms with Gasteiger partial charge in [-0.05, 0) is 51.4 Å². The molecule has 114 valence electrons. The van der Waals surface area contributed by atoms with E-state index in [9.17, 15) is 4.79 Å². The zero-order valence-corrected chi connectivity index (χ0v) is 12.9. The van der Waals surface area contributed by atoms with Crippen LogP contribution in [-0.4, -0.2) is 11.1 Å². The third kappa shape index (κ3) is 16.7. The van der Waals surface area contributed by atoms with E-state index in [0.29, 0.717) is 0 Å². The topological polar surface area (TPSA) is 37.3 Å². The summed E-state index contributed by atoms with van der Waals surface area (Å²) in [6, 6.07) is 0. The van der Waals surface area contributed by atoms with E-state index in [1.165, 1.54) is 32.1 Å². The van der Waals surface area contributed by atoms with Gasteiger partial charge in [0.1, 0.15) is 0 Å². The van der Waals surface area contributed by atoms with Crippen LogP contribution in [0, 0.1) is 0 Å². The summed E-state index contributed by atoms with van der Waals surface area (Å²) >= 11 is 0. The SMILES string of the molecule is CC/C=C\CCCCC/C=C\C/C=C\CCCC(=O)O. The molecule has 0 amide bonds. The normalized spacial score (nSPS) is 12.1. The fourth-order valence-corrected chi connectivity index (χ4v) is 1.86. The van der Waals surface area contributed by atoms with Crippen LogP contribution in [0.4, 0.5) is 0 Å². The minimum Gasteiger partial charge on any atom is -0.481 e. The largest absolute Gasteiger partial charge is 0.481 e. The van der Waals surface area contributed by atoms with Crippen molar-refractivity contribution in [3.05, 3.63) is 36.5 Å². The lowest BCUT2D eigenvalue weighted by Crippen LogP contribution is -1.92. The van der Waals surface area contributed by atoms with Gasteiger partial charge >= 0.3 is 5.97 Å². The predicted octanol–water partition coefficient (Wildman–Crippen LogP) is 5.66. The number of rotatable bonds is 13. The van der Waals surface area contributed by atoms with Crippen LogP contribution in [0.25, 0.3) is 0 Å². The van der Waals surface area contributed by atoms with Crippen molar-refractivity contribution in [2.24, 2.45) is 0 Å². The molecule has 0 aromatic heterocycles. The van der Waals surface area contributed by atoms with Crippen LogP contribution in [0.15, 0.2) is 36.5 Å². The van der Waals surface area contributed by atoms with E-state index in [-0.39, 0.29) is 6.42 Å². The minimum atomic E-state index is -0.705. The second kappa shape index (κ2) is 15.7. The van der Waals surface area contributed by atoms with Crippen LogP contribution in [0.2, 0.25) is 0 Å². The van der Waals surface area contributed by atoms with Crippen molar-refractivity contribution in [3.63, 3.8) is 0 Å². The number of allylic oxidation sites excluding steroid dienone is 6. The van der Waals surface area contributed by atoms with E-state index in [1.807, 2.05) is 0 Å². The van der Waals surface area contributed by atoms with Crippen molar-refractivity contribution < 1.29 is 9.90 Å². The number of aliphatic carboxylic acids is 1. The van der Waals surface area contributed by atoms with Gasteiger partial charge in [-0.2, -0.15) is 0 Å². The molecular formula is C18H30O2. The fourth-order valence-electron chi connectivity index (χ4n) is 1.86. The first-order valence-electron chi connectivity index (χ1n) is 7.94. The number of carboxylic acid groups (broad SMARTS) is 1. The van der Waals surface area contributed by atoms with Gasteiger partial charge in [0, 0.05) is 6.42 Å². The molecule has 0 saturated heterocycles. The van der Waals surface area contributed by atoms with Gasteiger partial charge in [-0.3, -0.25) is 4.79 Å². The van der Waals surface area contributed by atoms with Gasteiger partial charge in [-0.25, -0.2) is 0 Å². The Balaban J connectivity index is 3.25. The van der Waals surface area contributed by atoms with E-state index in [0.717, 1.165) is 25.7 Å². The molecule has 0 fully saturated rings. The smallest absolute Gasteiger partial charge is 0.303 e. The standard InChI is InChI=1S/C18H30O2/c1-2-3-4-5-6-7-8-9-10-11-12-13-14-15-16-17-18(19)20/h3-4,10-11,13-14H,2,5-9,12,15-17H2,1H3,(H,19,20)/b4-3-,11-10-,14-13-. The van der Waals surface area contributed by atoms with Crippen molar-refractivity contribution in [2.75, 3.05) is 0 Å². The highest BCUT2D eigenvalue weighted by Crippen LogP contribution is 2.05. The third-order valence-electron chi connectivity index (χ3n) is 3.01. The van der Waals surface area contributed by atoms with Crippen molar-refractivity contribution >= 4 is 5.97 Å². The first-order chi connectivity index (χ1) is 9.77. The summed E-state index contributed by atoms with van der Waals surface area (Å²) < 4.78 is 0. The lowest BCUT2D eigenvalue weighted by molar-refractivity contribution is -0.137. The van der Waals surface area contributed by atoms with Crippen molar-refractivity contribution in [2.45, 2.75) is 71.1 Å². The highest BCUT2D eigenvalue weighted by molar-refractivity contribution is 5.66. The van der Waals surface area contributed by atoms with Gasteiger partial charge in [0.15, 0.2) is 0 Å². The van der Waals surface area contributed by atoms with Crippen LogP contribution < -0.4 is 0 Å². The van der Waals surface area contributed by atoms with Crippen LogP contribution in [0.5, 0.6) is 0 Å². The summed E-state index contributed by atoms with van der Waals surface area (Å²) in [5.74, 6) is -0.705. The molecular weight excluding hydrogens is 248 g/mol. The molecule has 0 saturated carbocycles. The Morgan fingerprint density at radius 2 is 1.35 bits per heavy atom. The summed E-state index contributed by atoms with van der Waals surface area (Å²) in [6.45, 7) is 2.17. The summed E-state index contributed by atoms with van der Waals surface area (Å²) in [4.78, 5) is 10.3. The summed E-state index contributed by atoms with van der Waals surface area (Å²) in [6.07, 6.45) is 23.4. The number of carboxylic acids is 1. The van der Waals surface area contributed by atoms with Crippen LogP contribution in [-0.2, 0) is 4.79 Å². The minimum absolute atomic E-state index is 0.271. The lowest BCUT2D eigenvalue weighted by Gasteiger charge is -1.95. The summed E-state index contributed by atoms with van der Waals surface area (Å²) in [7, 11) is 0. The molecule has 0 radical (unpaired) electrons. The first-order valence-corrected chi connectivity index (χ1v) is 7.94. The maximum Gasteiger partial charge on any atom is 0.303 e. The van der Waals surface area contributed by atoms with E-state index in [2.05, 4.69) is 43.4 Å². The number of hydrogen-bond donors (Lipinski definition) is 1. The fraction of sp³-hybridized carbons (Fsp3) is 0.611. The van der Waals surface area contributed by atoms with Gasteiger partial charge in [0.05, 0.1) is 0 Å². The zero-order valence-electron chi connectivity index (χ0n) is 12.9. The Morgan fingerprint density at radius 3 is 1.90 bits per heavy atom. The maximum atomic E-state index is 10.3. The van der Waals surface area contributed by atoms with Gasteiger partial charge in [0.2, 0.25) is 0 Å². The average Bonchev–Trinajstić information content (AvgIpc) is 2.43. The van der Waals surface area contributed by atoms with E-state index in [1.54, 1.807) is 0 Å². The highest BCUT2D eigenvalue weighted by Gasteiger charge is 1.92. The van der Waals surface area contributed by atoms with E-state index >= 15 is 0 Å². The van der Waals surface area contributed by atoms with E-state index < -0.39 is 5.97 Å². The molecule has 0 spiro atoms. The van der Waals surface area contributed by atoms with Crippen molar-refractivity contribution in [1.29, 1.82) is 0 Å². The number of unbranched alkanes of at least 4 members (excludes halogenated alkanes) is 5. The molecule has 2 heteroatoms. The second-order valence-corrected chi connectivity index (χ2v) is 4.98. The number of hydrogen-bond acceptors (Lipinski definition) is 1. The summed E-state index contributed by atoms with van der Waals surface area (Å²) in [5, 5.41) is 8.48. The van der Waals surface area contributed by atoms with Gasteiger partial charge in [0.25, 0.3) is 0 Å². The molecule has 0 aromatic carbocycles. The second-order valence-electron chi connectivity index (χ2n) is 4.98. The van der Waals surface area contributed by atoms with Gasteiger partial charge < -0.3 is 5.11 Å². The highest BCUT2D eigenvalue weighted by atomic mass is 16.4. The molecule has 0 aliphatic rings. The molecule has 0 atom stereocenters. The Bertz CT molecular complexity index is 301. The Kier molecular flexibility index (Phi) is 14.7. The molecule has 0 aliphatic heterocycles. The number of carbonyl (C=O) groups is 1. The zero-order chi connectivity index (χ0) is 14.9. The van der Waals surface area contributed by atoms with Gasteiger partial charge in [-0.15, -0.1) is 0 Å². The van der Waals surface area contributed by atoms with E-state index in [4.69, 9.17) is 5.11 Å². The molecule has 0 rings (SSSR count). The molecule has 20 heavy (non-hydrogen) atoms. The average molecular weight is 278 g/mol. The first kappa shape index (κ1) is 18.7. The quantitative estimate of drug-likeness (QED) is 0.348. The Morgan fingerprint density at radius 1 is 0.800 bits per heavy atom. The predicted molar refractivity (Wildman–Crippen MR) is 86.9 cm³/mol. The Hall–Kier alpha value is -1.31. The maximum absolute atomic E-state index is 10.3.